The smallest absolute Gasteiger partial charge is 0.124 e. The van der Waals surface area contributed by atoms with E-state index in [0.29, 0.717) is 17.5 Å². The van der Waals surface area contributed by atoms with Gasteiger partial charge in [-0.3, -0.25) is 0 Å². The molecule has 0 bridgehead atoms. The monoisotopic (exact) mass is 232 g/mol. The lowest BCUT2D eigenvalue weighted by Crippen LogP contribution is -2.30. The summed E-state index contributed by atoms with van der Waals surface area (Å²) in [6.45, 7) is 2.23. The van der Waals surface area contributed by atoms with Crippen LogP contribution >= 0.6 is 0 Å². The van der Waals surface area contributed by atoms with Crippen molar-refractivity contribution in [1.82, 2.24) is 0 Å². The third-order valence-electron chi connectivity index (χ3n) is 3.55. The number of hydrogen-bond acceptors (Lipinski definition) is 2. The lowest BCUT2D eigenvalue weighted by Gasteiger charge is -2.30. The standard InChI is InChI=1S/C14H17FN2/c1-10-4-2-3-5-13(10)17-14-7-6-12(15)8-11(14)9-16/h6-8,10,13,17H,2-5H2,1H3. The van der Waals surface area contributed by atoms with E-state index < -0.39 is 0 Å². The predicted octanol–water partition coefficient (Wildman–Crippen LogP) is 3.69. The molecule has 2 nitrogen and oxygen atoms in total. The number of rotatable bonds is 2. The quantitative estimate of drug-likeness (QED) is 0.844. The highest BCUT2D eigenvalue weighted by atomic mass is 19.1. The van der Waals surface area contributed by atoms with Crippen LogP contribution in [-0.4, -0.2) is 6.04 Å². The molecule has 1 aliphatic carbocycles. The van der Waals surface area contributed by atoms with Crippen LogP contribution < -0.4 is 5.32 Å². The van der Waals surface area contributed by atoms with Crippen molar-refractivity contribution in [2.75, 3.05) is 5.32 Å². The summed E-state index contributed by atoms with van der Waals surface area (Å²) in [7, 11) is 0. The Hall–Kier alpha value is -1.56. The van der Waals surface area contributed by atoms with Crippen molar-refractivity contribution in [1.29, 1.82) is 5.26 Å². The second-order valence-electron chi connectivity index (χ2n) is 4.81. The van der Waals surface area contributed by atoms with E-state index in [1.165, 1.54) is 31.4 Å². The van der Waals surface area contributed by atoms with Gasteiger partial charge in [-0.05, 0) is 37.0 Å². The Morgan fingerprint density at radius 2 is 2.12 bits per heavy atom. The molecule has 1 aromatic rings. The first-order chi connectivity index (χ1) is 8.20. The van der Waals surface area contributed by atoms with Crippen LogP contribution in [0.3, 0.4) is 0 Å². The average Bonchev–Trinajstić information content (AvgIpc) is 2.34. The van der Waals surface area contributed by atoms with E-state index in [-0.39, 0.29) is 5.82 Å². The zero-order valence-corrected chi connectivity index (χ0v) is 10.0. The Balaban J connectivity index is 2.15. The number of benzene rings is 1. The summed E-state index contributed by atoms with van der Waals surface area (Å²) < 4.78 is 13.0. The minimum Gasteiger partial charge on any atom is -0.381 e. The maximum absolute atomic E-state index is 13.0. The molecule has 0 amide bonds. The van der Waals surface area contributed by atoms with Gasteiger partial charge in [-0.1, -0.05) is 19.8 Å². The Morgan fingerprint density at radius 3 is 2.82 bits per heavy atom. The van der Waals surface area contributed by atoms with Gasteiger partial charge >= 0.3 is 0 Å². The average molecular weight is 232 g/mol. The molecular weight excluding hydrogens is 215 g/mol. The van der Waals surface area contributed by atoms with Gasteiger partial charge < -0.3 is 5.32 Å². The van der Waals surface area contributed by atoms with Crippen LogP contribution in [0.4, 0.5) is 10.1 Å². The lowest BCUT2D eigenvalue weighted by atomic mass is 9.85. The van der Waals surface area contributed by atoms with E-state index in [1.807, 2.05) is 6.07 Å². The number of nitrogens with one attached hydrogen (secondary N) is 1. The van der Waals surface area contributed by atoms with Crippen LogP contribution in [0.15, 0.2) is 18.2 Å². The summed E-state index contributed by atoms with van der Waals surface area (Å²) >= 11 is 0. The largest absolute Gasteiger partial charge is 0.381 e. The molecule has 1 fully saturated rings. The number of hydrogen-bond donors (Lipinski definition) is 1. The van der Waals surface area contributed by atoms with Crippen LogP contribution in [0.25, 0.3) is 0 Å². The second kappa shape index (κ2) is 5.18. The molecule has 1 saturated carbocycles. The molecule has 2 rings (SSSR count). The Bertz CT molecular complexity index is 436. The van der Waals surface area contributed by atoms with Gasteiger partial charge in [0.2, 0.25) is 0 Å². The van der Waals surface area contributed by atoms with E-state index in [9.17, 15) is 4.39 Å². The first-order valence-corrected chi connectivity index (χ1v) is 6.17. The molecule has 3 heteroatoms. The molecule has 17 heavy (non-hydrogen) atoms. The van der Waals surface area contributed by atoms with Crippen LogP contribution in [-0.2, 0) is 0 Å². The van der Waals surface area contributed by atoms with Crippen LogP contribution in [0, 0.1) is 23.1 Å². The lowest BCUT2D eigenvalue weighted by molar-refractivity contribution is 0.349. The molecule has 1 N–H and O–H groups in total. The minimum absolute atomic E-state index is 0.358. The molecule has 90 valence electrons. The topological polar surface area (TPSA) is 35.8 Å². The molecule has 0 heterocycles. The van der Waals surface area contributed by atoms with E-state index in [1.54, 1.807) is 6.07 Å². The molecule has 0 saturated heterocycles. The van der Waals surface area contributed by atoms with Crippen molar-refractivity contribution in [2.24, 2.45) is 5.92 Å². The van der Waals surface area contributed by atoms with Crippen LogP contribution in [0.5, 0.6) is 0 Å². The highest BCUT2D eigenvalue weighted by Crippen LogP contribution is 2.28. The zero-order chi connectivity index (χ0) is 12.3. The Labute approximate surface area is 101 Å². The van der Waals surface area contributed by atoms with E-state index in [0.717, 1.165) is 12.1 Å². The number of halogens is 1. The van der Waals surface area contributed by atoms with Crippen molar-refractivity contribution in [3.63, 3.8) is 0 Å². The van der Waals surface area contributed by atoms with Crippen molar-refractivity contribution in [3.8, 4) is 6.07 Å². The third kappa shape index (κ3) is 2.76. The number of nitriles is 1. The maximum Gasteiger partial charge on any atom is 0.124 e. The van der Waals surface area contributed by atoms with Crippen molar-refractivity contribution in [2.45, 2.75) is 38.6 Å². The summed E-state index contributed by atoms with van der Waals surface area (Å²) in [4.78, 5) is 0. The van der Waals surface area contributed by atoms with Gasteiger partial charge in [0, 0.05) is 6.04 Å². The summed E-state index contributed by atoms with van der Waals surface area (Å²) in [5, 5.41) is 12.4. The fourth-order valence-electron chi connectivity index (χ4n) is 2.47. The molecule has 0 aliphatic heterocycles. The van der Waals surface area contributed by atoms with Gasteiger partial charge in [-0.25, -0.2) is 4.39 Å². The zero-order valence-electron chi connectivity index (χ0n) is 10.0. The molecule has 0 spiro atoms. The van der Waals surface area contributed by atoms with Gasteiger partial charge in [-0.15, -0.1) is 0 Å². The summed E-state index contributed by atoms with van der Waals surface area (Å²) in [5.41, 5.74) is 1.15. The highest BCUT2D eigenvalue weighted by Gasteiger charge is 2.21. The van der Waals surface area contributed by atoms with Gasteiger partial charge in [0.15, 0.2) is 0 Å². The first-order valence-electron chi connectivity index (χ1n) is 6.17. The van der Waals surface area contributed by atoms with Gasteiger partial charge in [0.25, 0.3) is 0 Å². The Morgan fingerprint density at radius 1 is 1.35 bits per heavy atom. The van der Waals surface area contributed by atoms with Gasteiger partial charge in [0.1, 0.15) is 11.9 Å². The van der Waals surface area contributed by atoms with Crippen molar-refractivity contribution >= 4 is 5.69 Å². The van der Waals surface area contributed by atoms with Crippen molar-refractivity contribution < 1.29 is 4.39 Å². The summed E-state index contributed by atoms with van der Waals surface area (Å²) in [6, 6.07) is 6.79. The highest BCUT2D eigenvalue weighted by molar-refractivity contribution is 5.58. The van der Waals surface area contributed by atoms with E-state index in [2.05, 4.69) is 12.2 Å². The predicted molar refractivity (Wildman–Crippen MR) is 66.2 cm³/mol. The molecule has 1 aromatic carbocycles. The SMILES string of the molecule is CC1CCCCC1Nc1ccc(F)cc1C#N. The maximum atomic E-state index is 13.0. The number of nitrogens with zero attached hydrogens (tertiary/aromatic N) is 1. The first kappa shape index (κ1) is 11.9. The molecule has 1 aliphatic rings. The van der Waals surface area contributed by atoms with Gasteiger partial charge in [-0.2, -0.15) is 5.26 Å². The molecule has 0 radical (unpaired) electrons. The molecule has 2 atom stereocenters. The van der Waals surface area contributed by atoms with Crippen LogP contribution in [0.1, 0.15) is 38.2 Å². The summed E-state index contributed by atoms with van der Waals surface area (Å²) in [6.07, 6.45) is 4.86. The van der Waals surface area contributed by atoms with Crippen LogP contribution in [0.2, 0.25) is 0 Å². The Kier molecular flexibility index (Phi) is 3.63. The van der Waals surface area contributed by atoms with Gasteiger partial charge in [0.05, 0.1) is 11.3 Å². The molecule has 0 aromatic heterocycles. The van der Waals surface area contributed by atoms with E-state index >= 15 is 0 Å². The minimum atomic E-state index is -0.358. The number of anilines is 1. The third-order valence-corrected chi connectivity index (χ3v) is 3.55. The van der Waals surface area contributed by atoms with Crippen molar-refractivity contribution in [3.05, 3.63) is 29.6 Å². The molecule has 2 unspecified atom stereocenters. The fourth-order valence-corrected chi connectivity index (χ4v) is 2.47. The molecular formula is C14H17FN2. The van der Waals surface area contributed by atoms with E-state index in [4.69, 9.17) is 5.26 Å². The fraction of sp³-hybridized carbons (Fsp3) is 0.500. The normalized spacial score (nSPS) is 24.1. The summed E-state index contributed by atoms with van der Waals surface area (Å²) in [5.74, 6) is 0.254. The second-order valence-corrected chi connectivity index (χ2v) is 4.81.